The Hall–Kier alpha value is -3.81. The van der Waals surface area contributed by atoms with E-state index in [0.29, 0.717) is 16.9 Å². The van der Waals surface area contributed by atoms with E-state index in [1.165, 1.54) is 25.5 Å². The van der Waals surface area contributed by atoms with Gasteiger partial charge in [-0.2, -0.15) is 0 Å². The Kier molecular flexibility index (Phi) is 6.92. The van der Waals surface area contributed by atoms with E-state index in [1.807, 2.05) is 6.07 Å². The molecular weight excluding hydrogens is 402 g/mol. The minimum atomic E-state index is -0.765. The molecular formula is C23H23NO7. The van der Waals surface area contributed by atoms with E-state index < -0.39 is 17.9 Å². The highest BCUT2D eigenvalue weighted by atomic mass is 16.5. The molecule has 2 aromatic carbocycles. The van der Waals surface area contributed by atoms with Crippen LogP contribution >= 0.6 is 0 Å². The first-order chi connectivity index (χ1) is 14.9. The standard InChI is InChI=1S/C23H23NO7/c1-14(2)21(23(27)28-3)24-20(25)13-29-16-9-10-17-18(11-16)30-12-19(22(17)26)31-15-7-5-4-6-8-15/h4-12,14,21H,13H2,1-3H3,(H,24,25). The van der Waals surface area contributed by atoms with Crippen LogP contribution in [0.25, 0.3) is 11.0 Å². The van der Waals surface area contributed by atoms with Crippen molar-refractivity contribution in [2.75, 3.05) is 13.7 Å². The Morgan fingerprint density at radius 2 is 1.81 bits per heavy atom. The topological polar surface area (TPSA) is 104 Å². The molecule has 0 saturated carbocycles. The summed E-state index contributed by atoms with van der Waals surface area (Å²) in [5.41, 5.74) is -0.0369. The number of benzene rings is 2. The van der Waals surface area contributed by atoms with Crippen LogP contribution in [0.1, 0.15) is 13.8 Å². The van der Waals surface area contributed by atoms with Gasteiger partial charge in [0.1, 0.15) is 29.4 Å². The molecule has 1 atom stereocenters. The molecule has 31 heavy (non-hydrogen) atoms. The average molecular weight is 425 g/mol. The van der Waals surface area contributed by atoms with Gasteiger partial charge in [-0.15, -0.1) is 0 Å². The third kappa shape index (κ3) is 5.42. The molecule has 1 amide bonds. The van der Waals surface area contributed by atoms with Crippen molar-refractivity contribution in [3.05, 3.63) is 65.0 Å². The van der Waals surface area contributed by atoms with Crippen LogP contribution in [-0.2, 0) is 14.3 Å². The number of carbonyl (C=O) groups excluding carboxylic acids is 2. The van der Waals surface area contributed by atoms with Gasteiger partial charge in [0.2, 0.25) is 11.2 Å². The summed E-state index contributed by atoms with van der Waals surface area (Å²) in [6.45, 7) is 3.28. The Balaban J connectivity index is 1.69. The SMILES string of the molecule is COC(=O)C(NC(=O)COc1ccc2c(=O)c(Oc3ccccc3)coc2c1)C(C)C. The number of fused-ring (bicyclic) bond motifs is 1. The summed E-state index contributed by atoms with van der Waals surface area (Å²) < 4.78 is 21.3. The van der Waals surface area contributed by atoms with Gasteiger partial charge >= 0.3 is 5.97 Å². The number of hydrogen-bond acceptors (Lipinski definition) is 7. The van der Waals surface area contributed by atoms with Gasteiger partial charge in [0.25, 0.3) is 5.91 Å². The number of esters is 1. The Bertz CT molecular complexity index is 1120. The van der Waals surface area contributed by atoms with Crippen molar-refractivity contribution < 1.29 is 28.2 Å². The van der Waals surface area contributed by atoms with Gasteiger partial charge in [0.05, 0.1) is 12.5 Å². The predicted octanol–water partition coefficient (Wildman–Crippen LogP) is 3.28. The molecule has 0 saturated heterocycles. The lowest BCUT2D eigenvalue weighted by Crippen LogP contribution is -2.46. The highest BCUT2D eigenvalue weighted by molar-refractivity contribution is 5.85. The van der Waals surface area contributed by atoms with E-state index in [0.717, 1.165) is 0 Å². The Labute approximate surface area is 178 Å². The third-order valence-corrected chi connectivity index (χ3v) is 4.49. The van der Waals surface area contributed by atoms with Crippen LogP contribution in [0.2, 0.25) is 0 Å². The molecule has 0 aliphatic heterocycles. The Morgan fingerprint density at radius 3 is 2.48 bits per heavy atom. The second kappa shape index (κ2) is 9.80. The van der Waals surface area contributed by atoms with Crippen molar-refractivity contribution in [2.45, 2.75) is 19.9 Å². The highest BCUT2D eigenvalue weighted by Gasteiger charge is 2.25. The van der Waals surface area contributed by atoms with Crippen molar-refractivity contribution in [3.8, 4) is 17.2 Å². The summed E-state index contributed by atoms with van der Waals surface area (Å²) >= 11 is 0. The molecule has 0 radical (unpaired) electrons. The molecule has 1 N–H and O–H groups in total. The molecule has 1 aromatic heterocycles. The van der Waals surface area contributed by atoms with Gasteiger partial charge in [-0.3, -0.25) is 9.59 Å². The number of ether oxygens (including phenoxy) is 3. The third-order valence-electron chi connectivity index (χ3n) is 4.49. The van der Waals surface area contributed by atoms with Gasteiger partial charge in [-0.25, -0.2) is 4.79 Å². The second-order valence-electron chi connectivity index (χ2n) is 7.10. The molecule has 162 valence electrons. The molecule has 0 bridgehead atoms. The normalized spacial score (nSPS) is 11.7. The summed E-state index contributed by atoms with van der Waals surface area (Å²) in [4.78, 5) is 36.6. The predicted molar refractivity (Wildman–Crippen MR) is 113 cm³/mol. The van der Waals surface area contributed by atoms with Crippen molar-refractivity contribution in [1.82, 2.24) is 5.32 Å². The van der Waals surface area contributed by atoms with Gasteiger partial charge in [-0.05, 0) is 30.2 Å². The van der Waals surface area contributed by atoms with Crippen molar-refractivity contribution in [2.24, 2.45) is 5.92 Å². The molecule has 1 heterocycles. The maximum Gasteiger partial charge on any atom is 0.328 e. The zero-order valence-corrected chi connectivity index (χ0v) is 17.4. The lowest BCUT2D eigenvalue weighted by molar-refractivity contribution is -0.146. The molecule has 0 aliphatic carbocycles. The fourth-order valence-corrected chi connectivity index (χ4v) is 2.86. The molecule has 8 nitrogen and oxygen atoms in total. The van der Waals surface area contributed by atoms with Crippen LogP contribution in [0.4, 0.5) is 0 Å². The first-order valence-electron chi connectivity index (χ1n) is 9.67. The summed E-state index contributed by atoms with van der Waals surface area (Å²) in [7, 11) is 1.26. The van der Waals surface area contributed by atoms with Crippen molar-refractivity contribution >= 4 is 22.8 Å². The first kappa shape index (κ1) is 21.9. The van der Waals surface area contributed by atoms with E-state index in [9.17, 15) is 14.4 Å². The average Bonchev–Trinajstić information content (AvgIpc) is 2.78. The smallest absolute Gasteiger partial charge is 0.328 e. The van der Waals surface area contributed by atoms with Crippen LogP contribution in [0.5, 0.6) is 17.2 Å². The monoisotopic (exact) mass is 425 g/mol. The lowest BCUT2D eigenvalue weighted by Gasteiger charge is -2.19. The van der Waals surface area contributed by atoms with Gasteiger partial charge < -0.3 is 23.9 Å². The molecule has 8 heteroatoms. The van der Waals surface area contributed by atoms with Crippen LogP contribution in [0, 0.1) is 5.92 Å². The maximum atomic E-state index is 12.7. The summed E-state index contributed by atoms with van der Waals surface area (Å²) in [5.74, 6) is -0.219. The molecule has 0 fully saturated rings. The van der Waals surface area contributed by atoms with Crippen LogP contribution < -0.4 is 20.2 Å². The minimum Gasteiger partial charge on any atom is -0.484 e. The quantitative estimate of drug-likeness (QED) is 0.552. The number of rotatable bonds is 8. The second-order valence-corrected chi connectivity index (χ2v) is 7.10. The van der Waals surface area contributed by atoms with Crippen LogP contribution in [0.15, 0.2) is 64.0 Å². The van der Waals surface area contributed by atoms with Crippen LogP contribution in [-0.4, -0.2) is 31.6 Å². The molecule has 0 aliphatic rings. The molecule has 0 spiro atoms. The minimum absolute atomic E-state index is 0.0642. The molecule has 3 aromatic rings. The van der Waals surface area contributed by atoms with Crippen molar-refractivity contribution in [1.29, 1.82) is 0 Å². The largest absolute Gasteiger partial charge is 0.484 e. The van der Waals surface area contributed by atoms with E-state index >= 15 is 0 Å². The zero-order chi connectivity index (χ0) is 22.4. The maximum absolute atomic E-state index is 12.7. The zero-order valence-electron chi connectivity index (χ0n) is 17.4. The number of carbonyl (C=O) groups is 2. The highest BCUT2D eigenvalue weighted by Crippen LogP contribution is 2.23. The fraction of sp³-hybridized carbons (Fsp3) is 0.261. The van der Waals surface area contributed by atoms with Crippen molar-refractivity contribution in [3.63, 3.8) is 0 Å². The van der Waals surface area contributed by atoms with E-state index in [-0.39, 0.29) is 29.3 Å². The van der Waals surface area contributed by atoms with E-state index in [1.54, 1.807) is 44.2 Å². The summed E-state index contributed by atoms with van der Waals surface area (Å²) in [6, 6.07) is 12.7. The number of methoxy groups -OCH3 is 1. The van der Waals surface area contributed by atoms with Gasteiger partial charge in [0, 0.05) is 6.07 Å². The number of hydrogen-bond donors (Lipinski definition) is 1. The number of nitrogens with one attached hydrogen (secondary N) is 1. The number of para-hydroxylation sites is 1. The fourth-order valence-electron chi connectivity index (χ4n) is 2.86. The lowest BCUT2D eigenvalue weighted by atomic mass is 10.0. The summed E-state index contributed by atoms with van der Waals surface area (Å²) in [6.07, 6.45) is 1.23. The number of amides is 1. The Morgan fingerprint density at radius 1 is 1.06 bits per heavy atom. The molecule has 3 rings (SSSR count). The van der Waals surface area contributed by atoms with E-state index in [4.69, 9.17) is 18.6 Å². The van der Waals surface area contributed by atoms with E-state index in [2.05, 4.69) is 5.32 Å². The van der Waals surface area contributed by atoms with Crippen LogP contribution in [0.3, 0.4) is 0 Å². The van der Waals surface area contributed by atoms with Gasteiger partial charge in [0.15, 0.2) is 6.61 Å². The summed E-state index contributed by atoms with van der Waals surface area (Å²) in [5, 5.41) is 2.90. The first-order valence-corrected chi connectivity index (χ1v) is 9.67. The molecule has 1 unspecified atom stereocenters. The van der Waals surface area contributed by atoms with Gasteiger partial charge in [-0.1, -0.05) is 32.0 Å².